The Morgan fingerprint density at radius 1 is 1.40 bits per heavy atom. The Bertz CT molecular complexity index is 368. The molecule has 0 aromatic carbocycles. The van der Waals surface area contributed by atoms with Gasteiger partial charge in [-0.3, -0.25) is 0 Å². The Morgan fingerprint density at radius 3 is 2.47 bits per heavy atom. The van der Waals surface area contributed by atoms with Crippen LogP contribution in [-0.4, -0.2) is 18.5 Å². The molecule has 1 rings (SSSR count). The standard InChI is InChI=1S/C8H7F3INO2/c1-4-5(12)3-6(7(13-4)14-2)15-8(9,10)11/h3H,1-2H3. The highest BCUT2D eigenvalue weighted by Crippen LogP contribution is 2.32. The third-order valence-electron chi connectivity index (χ3n) is 1.50. The molecule has 1 aromatic rings. The molecule has 0 saturated heterocycles. The van der Waals surface area contributed by atoms with Gasteiger partial charge in [-0.25, -0.2) is 4.98 Å². The molecule has 1 heterocycles. The molecule has 0 saturated carbocycles. The third-order valence-corrected chi connectivity index (χ3v) is 2.59. The van der Waals surface area contributed by atoms with Gasteiger partial charge in [-0.2, -0.15) is 0 Å². The predicted molar refractivity (Wildman–Crippen MR) is 54.9 cm³/mol. The summed E-state index contributed by atoms with van der Waals surface area (Å²) in [6.07, 6.45) is -4.74. The van der Waals surface area contributed by atoms with Crippen LogP contribution in [0.2, 0.25) is 0 Å². The summed E-state index contributed by atoms with van der Waals surface area (Å²) in [7, 11) is 1.23. The molecule has 0 N–H and O–H groups in total. The van der Waals surface area contributed by atoms with E-state index in [1.54, 1.807) is 6.92 Å². The first kappa shape index (κ1) is 12.3. The van der Waals surface area contributed by atoms with Gasteiger partial charge in [0.05, 0.1) is 12.8 Å². The number of hydrogen-bond acceptors (Lipinski definition) is 3. The first-order valence-electron chi connectivity index (χ1n) is 3.80. The van der Waals surface area contributed by atoms with E-state index in [0.29, 0.717) is 9.26 Å². The second-order valence-electron chi connectivity index (χ2n) is 2.61. The quantitative estimate of drug-likeness (QED) is 0.780. The topological polar surface area (TPSA) is 31.4 Å². The lowest BCUT2D eigenvalue weighted by Gasteiger charge is -2.12. The molecule has 0 fully saturated rings. The molecule has 0 bridgehead atoms. The summed E-state index contributed by atoms with van der Waals surface area (Å²) in [5.74, 6) is -0.606. The van der Waals surface area contributed by atoms with Gasteiger partial charge in [0.15, 0.2) is 5.75 Å². The van der Waals surface area contributed by atoms with Crippen LogP contribution in [0, 0.1) is 10.5 Å². The third kappa shape index (κ3) is 3.40. The van der Waals surface area contributed by atoms with Crippen LogP contribution < -0.4 is 9.47 Å². The molecule has 1 aromatic heterocycles. The molecule has 0 aliphatic rings. The Balaban J connectivity index is 3.11. The van der Waals surface area contributed by atoms with Gasteiger partial charge >= 0.3 is 6.36 Å². The Kier molecular flexibility index (Phi) is 3.63. The van der Waals surface area contributed by atoms with Crippen LogP contribution in [0.15, 0.2) is 6.07 Å². The molecule has 0 radical (unpaired) electrons. The maximum atomic E-state index is 12.0. The fraction of sp³-hybridized carbons (Fsp3) is 0.375. The summed E-state index contributed by atoms with van der Waals surface area (Å²) in [5, 5.41) is 0. The molecular formula is C8H7F3INO2. The summed E-state index contributed by atoms with van der Waals surface area (Å²) >= 11 is 1.87. The Labute approximate surface area is 97.7 Å². The Hall–Kier alpha value is -0.730. The maximum absolute atomic E-state index is 12.0. The van der Waals surface area contributed by atoms with Gasteiger partial charge < -0.3 is 9.47 Å². The average molecular weight is 333 g/mol. The van der Waals surface area contributed by atoms with E-state index in [0.717, 1.165) is 0 Å². The Morgan fingerprint density at radius 2 is 2.00 bits per heavy atom. The molecule has 0 unspecified atom stereocenters. The number of nitrogens with zero attached hydrogens (tertiary/aromatic N) is 1. The number of ether oxygens (including phenoxy) is 2. The number of alkyl halides is 3. The van der Waals surface area contributed by atoms with E-state index in [4.69, 9.17) is 0 Å². The van der Waals surface area contributed by atoms with Crippen molar-refractivity contribution < 1.29 is 22.6 Å². The zero-order valence-electron chi connectivity index (χ0n) is 7.85. The van der Waals surface area contributed by atoms with Crippen molar-refractivity contribution in [2.45, 2.75) is 13.3 Å². The number of methoxy groups -OCH3 is 1. The highest BCUT2D eigenvalue weighted by atomic mass is 127. The van der Waals surface area contributed by atoms with Crippen LogP contribution in [0.25, 0.3) is 0 Å². The summed E-state index contributed by atoms with van der Waals surface area (Å²) < 4.78 is 45.0. The average Bonchev–Trinajstić information content (AvgIpc) is 2.08. The molecule has 0 spiro atoms. The van der Waals surface area contributed by atoms with Crippen LogP contribution in [0.5, 0.6) is 11.6 Å². The second-order valence-corrected chi connectivity index (χ2v) is 3.77. The van der Waals surface area contributed by atoms with Gasteiger partial charge in [0.25, 0.3) is 5.88 Å². The largest absolute Gasteiger partial charge is 0.573 e. The van der Waals surface area contributed by atoms with Crippen molar-refractivity contribution in [3.8, 4) is 11.6 Å². The minimum atomic E-state index is -4.74. The van der Waals surface area contributed by atoms with Gasteiger partial charge in [-0.05, 0) is 29.5 Å². The molecule has 0 atom stereocenters. The number of aromatic nitrogens is 1. The number of aryl methyl sites for hydroxylation is 1. The lowest BCUT2D eigenvalue weighted by molar-refractivity contribution is -0.275. The SMILES string of the molecule is COc1nc(C)c(I)cc1OC(F)(F)F. The van der Waals surface area contributed by atoms with Crippen LogP contribution in [0.4, 0.5) is 13.2 Å². The van der Waals surface area contributed by atoms with Gasteiger partial charge in [0.2, 0.25) is 0 Å². The maximum Gasteiger partial charge on any atom is 0.573 e. The molecule has 0 aliphatic carbocycles. The second kappa shape index (κ2) is 4.42. The van der Waals surface area contributed by atoms with Crippen molar-refractivity contribution in [2.24, 2.45) is 0 Å². The van der Waals surface area contributed by atoms with Crippen molar-refractivity contribution >= 4 is 22.6 Å². The van der Waals surface area contributed by atoms with E-state index in [9.17, 15) is 13.2 Å². The molecular weight excluding hydrogens is 326 g/mol. The van der Waals surface area contributed by atoms with Crippen LogP contribution >= 0.6 is 22.6 Å². The van der Waals surface area contributed by atoms with E-state index < -0.39 is 12.1 Å². The summed E-state index contributed by atoms with van der Waals surface area (Å²) in [4.78, 5) is 3.82. The van der Waals surface area contributed by atoms with E-state index in [1.165, 1.54) is 13.2 Å². The minimum Gasteiger partial charge on any atom is -0.478 e. The van der Waals surface area contributed by atoms with Crippen LogP contribution in [0.1, 0.15) is 5.69 Å². The monoisotopic (exact) mass is 333 g/mol. The van der Waals surface area contributed by atoms with E-state index in [1.807, 2.05) is 22.6 Å². The molecule has 15 heavy (non-hydrogen) atoms. The number of halogens is 4. The first-order chi connectivity index (χ1) is 6.83. The fourth-order valence-corrected chi connectivity index (χ4v) is 1.29. The van der Waals surface area contributed by atoms with Crippen molar-refractivity contribution in [2.75, 3.05) is 7.11 Å². The lowest BCUT2D eigenvalue weighted by atomic mass is 10.3. The fourth-order valence-electron chi connectivity index (χ4n) is 0.886. The van der Waals surface area contributed by atoms with Crippen LogP contribution in [0.3, 0.4) is 0 Å². The van der Waals surface area contributed by atoms with Gasteiger partial charge in [0.1, 0.15) is 0 Å². The lowest BCUT2D eigenvalue weighted by Crippen LogP contribution is -2.18. The molecule has 3 nitrogen and oxygen atoms in total. The number of hydrogen-bond donors (Lipinski definition) is 0. The van der Waals surface area contributed by atoms with E-state index in [2.05, 4.69) is 14.5 Å². The molecule has 0 amide bonds. The van der Waals surface area contributed by atoms with Gasteiger partial charge in [-0.15, -0.1) is 13.2 Å². The van der Waals surface area contributed by atoms with E-state index in [-0.39, 0.29) is 5.88 Å². The van der Waals surface area contributed by atoms with Crippen molar-refractivity contribution in [1.29, 1.82) is 0 Å². The number of pyridine rings is 1. The molecule has 7 heteroatoms. The van der Waals surface area contributed by atoms with Crippen molar-refractivity contribution in [3.63, 3.8) is 0 Å². The summed E-state index contributed by atoms with van der Waals surface area (Å²) in [6, 6.07) is 1.23. The van der Waals surface area contributed by atoms with Crippen LogP contribution in [-0.2, 0) is 0 Å². The summed E-state index contributed by atoms with van der Waals surface area (Å²) in [5.41, 5.74) is 0.585. The minimum absolute atomic E-state index is 0.176. The molecule has 84 valence electrons. The number of rotatable bonds is 2. The normalized spacial score (nSPS) is 11.3. The van der Waals surface area contributed by atoms with Crippen molar-refractivity contribution in [3.05, 3.63) is 15.3 Å². The highest BCUT2D eigenvalue weighted by Gasteiger charge is 2.33. The highest BCUT2D eigenvalue weighted by molar-refractivity contribution is 14.1. The van der Waals surface area contributed by atoms with E-state index >= 15 is 0 Å². The zero-order valence-corrected chi connectivity index (χ0v) is 10.0. The smallest absolute Gasteiger partial charge is 0.478 e. The van der Waals surface area contributed by atoms with Crippen molar-refractivity contribution in [1.82, 2.24) is 4.98 Å². The first-order valence-corrected chi connectivity index (χ1v) is 4.88. The molecule has 0 aliphatic heterocycles. The van der Waals surface area contributed by atoms with Gasteiger partial charge in [0, 0.05) is 9.64 Å². The summed E-state index contributed by atoms with van der Waals surface area (Å²) in [6.45, 7) is 1.67. The predicted octanol–water partition coefficient (Wildman–Crippen LogP) is 2.90. The van der Waals surface area contributed by atoms with Gasteiger partial charge in [-0.1, -0.05) is 0 Å². The zero-order chi connectivity index (χ0) is 11.6.